The molecule has 2 N–H and O–H groups in total. The molecule has 0 aliphatic rings. The van der Waals surface area contributed by atoms with E-state index in [2.05, 4.69) is 15.8 Å². The van der Waals surface area contributed by atoms with Gasteiger partial charge in [0.2, 0.25) is 11.8 Å². The number of carbonyl (C=O) groups excluding carboxylic acids is 2. The molecular weight excluding hydrogens is 344 g/mol. The van der Waals surface area contributed by atoms with E-state index in [4.69, 9.17) is 4.42 Å². The normalized spacial score (nSPS) is 10.3. The highest BCUT2D eigenvalue weighted by atomic mass is 16.3. The Hall–Kier alpha value is -3.61. The van der Waals surface area contributed by atoms with Gasteiger partial charge >= 0.3 is 0 Å². The second kappa shape index (κ2) is 8.18. The van der Waals surface area contributed by atoms with Crippen molar-refractivity contribution < 1.29 is 14.0 Å². The molecule has 3 aromatic rings. The molecule has 0 atom stereocenters. The van der Waals surface area contributed by atoms with Crippen LogP contribution in [0.2, 0.25) is 0 Å². The number of hydrogen-bond acceptors (Lipinski definition) is 5. The van der Waals surface area contributed by atoms with Crippen LogP contribution in [0.1, 0.15) is 16.1 Å². The quantitative estimate of drug-likeness (QED) is 0.679. The summed E-state index contributed by atoms with van der Waals surface area (Å²) in [6.45, 7) is 0. The molecule has 0 spiro atoms. The first-order chi connectivity index (χ1) is 13.0. The van der Waals surface area contributed by atoms with Crippen molar-refractivity contribution in [3.05, 3.63) is 72.1 Å². The minimum Gasteiger partial charge on any atom is -0.444 e. The van der Waals surface area contributed by atoms with Crippen molar-refractivity contribution in [2.45, 2.75) is 6.42 Å². The number of hydrogen-bond donors (Lipinski definition) is 2. The van der Waals surface area contributed by atoms with Gasteiger partial charge in [-0.3, -0.25) is 20.4 Å². The highest BCUT2D eigenvalue weighted by Crippen LogP contribution is 2.18. The fraction of sp³-hybridized carbons (Fsp3) is 0.150. The molecule has 27 heavy (non-hydrogen) atoms. The summed E-state index contributed by atoms with van der Waals surface area (Å²) in [5.74, 6) is -0.333. The lowest BCUT2D eigenvalue weighted by Gasteiger charge is -2.13. The molecule has 0 radical (unpaired) electrons. The van der Waals surface area contributed by atoms with Gasteiger partial charge in [0.05, 0.1) is 12.1 Å². The van der Waals surface area contributed by atoms with Crippen LogP contribution in [0.3, 0.4) is 0 Å². The molecule has 2 aromatic carbocycles. The first kappa shape index (κ1) is 18.2. The van der Waals surface area contributed by atoms with Crippen LogP contribution in [0.15, 0.2) is 65.3 Å². The minimum absolute atomic E-state index is 0.00560. The van der Waals surface area contributed by atoms with Gasteiger partial charge in [-0.2, -0.15) is 0 Å². The lowest BCUT2D eigenvalue weighted by atomic mass is 10.2. The van der Waals surface area contributed by atoms with E-state index in [0.29, 0.717) is 17.1 Å². The van der Waals surface area contributed by atoms with Crippen molar-refractivity contribution in [2.75, 3.05) is 19.0 Å². The van der Waals surface area contributed by atoms with Crippen molar-refractivity contribution in [3.63, 3.8) is 0 Å². The van der Waals surface area contributed by atoms with Gasteiger partial charge in [0.15, 0.2) is 0 Å². The maximum absolute atomic E-state index is 12.2. The van der Waals surface area contributed by atoms with Crippen molar-refractivity contribution in [3.8, 4) is 11.5 Å². The van der Waals surface area contributed by atoms with Crippen LogP contribution in [0.4, 0.5) is 5.69 Å². The molecule has 0 bridgehead atoms. The first-order valence-corrected chi connectivity index (χ1v) is 8.39. The van der Waals surface area contributed by atoms with E-state index in [-0.39, 0.29) is 12.3 Å². The second-order valence-corrected chi connectivity index (χ2v) is 6.13. The van der Waals surface area contributed by atoms with E-state index >= 15 is 0 Å². The standard InChI is InChI=1S/C20H20N4O3/c1-24(2)17-10-6-9-15(11-17)19(26)23-22-18(25)12-16-13-27-20(21-16)14-7-4-3-5-8-14/h3-11,13H,12H2,1-2H3,(H,22,25)(H,23,26). The Morgan fingerprint density at radius 1 is 1.04 bits per heavy atom. The van der Waals surface area contributed by atoms with Crippen LogP contribution >= 0.6 is 0 Å². The number of nitrogens with zero attached hydrogens (tertiary/aromatic N) is 2. The number of nitrogens with one attached hydrogen (secondary N) is 2. The largest absolute Gasteiger partial charge is 0.444 e. The van der Waals surface area contributed by atoms with Crippen LogP contribution in [-0.4, -0.2) is 30.9 Å². The summed E-state index contributed by atoms with van der Waals surface area (Å²) in [6.07, 6.45) is 1.43. The van der Waals surface area contributed by atoms with Gasteiger partial charge in [0, 0.05) is 30.9 Å². The summed E-state index contributed by atoms with van der Waals surface area (Å²) < 4.78 is 5.40. The highest BCUT2D eigenvalue weighted by Gasteiger charge is 2.12. The summed E-state index contributed by atoms with van der Waals surface area (Å²) in [5, 5.41) is 0. The molecule has 1 heterocycles. The van der Waals surface area contributed by atoms with E-state index < -0.39 is 5.91 Å². The predicted octanol–water partition coefficient (Wildman–Crippen LogP) is 2.41. The fourth-order valence-electron chi connectivity index (χ4n) is 2.43. The monoisotopic (exact) mass is 364 g/mol. The number of hydrazine groups is 1. The van der Waals surface area contributed by atoms with Gasteiger partial charge < -0.3 is 9.32 Å². The smallest absolute Gasteiger partial charge is 0.269 e. The number of aromatic nitrogens is 1. The molecular formula is C20H20N4O3. The molecule has 7 nitrogen and oxygen atoms in total. The van der Waals surface area contributed by atoms with E-state index in [0.717, 1.165) is 11.3 Å². The summed E-state index contributed by atoms with van der Waals surface area (Å²) in [7, 11) is 3.78. The molecule has 138 valence electrons. The second-order valence-electron chi connectivity index (χ2n) is 6.13. The minimum atomic E-state index is -0.392. The number of rotatable bonds is 5. The summed E-state index contributed by atoms with van der Waals surface area (Å²) in [4.78, 5) is 30.4. The zero-order valence-electron chi connectivity index (χ0n) is 15.1. The lowest BCUT2D eigenvalue weighted by Crippen LogP contribution is -2.42. The Kier molecular flexibility index (Phi) is 5.51. The third-order valence-corrected chi connectivity index (χ3v) is 3.85. The molecule has 0 fully saturated rings. The Labute approximate surface area is 157 Å². The molecule has 0 aliphatic carbocycles. The van der Waals surface area contributed by atoms with Crippen LogP contribution < -0.4 is 15.8 Å². The van der Waals surface area contributed by atoms with Gasteiger partial charge in [0.1, 0.15) is 6.26 Å². The molecule has 0 unspecified atom stereocenters. The van der Waals surface area contributed by atoms with Crippen LogP contribution in [0.5, 0.6) is 0 Å². The zero-order chi connectivity index (χ0) is 19.2. The van der Waals surface area contributed by atoms with Gasteiger partial charge in [-0.05, 0) is 30.3 Å². The third kappa shape index (κ3) is 4.72. The zero-order valence-corrected chi connectivity index (χ0v) is 15.1. The topological polar surface area (TPSA) is 87.5 Å². The lowest BCUT2D eigenvalue weighted by molar-refractivity contribution is -0.121. The molecule has 0 saturated carbocycles. The van der Waals surface area contributed by atoms with E-state index in [1.165, 1.54) is 6.26 Å². The van der Waals surface area contributed by atoms with Crippen LogP contribution in [0.25, 0.3) is 11.5 Å². The summed E-state index contributed by atoms with van der Waals surface area (Å²) in [6, 6.07) is 16.5. The molecule has 2 amide bonds. The first-order valence-electron chi connectivity index (χ1n) is 8.39. The van der Waals surface area contributed by atoms with Gasteiger partial charge in [-0.1, -0.05) is 24.3 Å². The van der Waals surface area contributed by atoms with Crippen LogP contribution in [0, 0.1) is 0 Å². The fourth-order valence-corrected chi connectivity index (χ4v) is 2.43. The van der Waals surface area contributed by atoms with E-state index in [1.807, 2.05) is 55.4 Å². The number of amides is 2. The average Bonchev–Trinajstić information content (AvgIpc) is 3.15. The van der Waals surface area contributed by atoms with Crippen molar-refractivity contribution in [1.82, 2.24) is 15.8 Å². The maximum Gasteiger partial charge on any atom is 0.269 e. The van der Waals surface area contributed by atoms with Gasteiger partial charge in [-0.15, -0.1) is 0 Å². The van der Waals surface area contributed by atoms with E-state index in [9.17, 15) is 9.59 Å². The van der Waals surface area contributed by atoms with Crippen molar-refractivity contribution in [1.29, 1.82) is 0 Å². The van der Waals surface area contributed by atoms with Crippen molar-refractivity contribution in [2.24, 2.45) is 0 Å². The third-order valence-electron chi connectivity index (χ3n) is 3.85. The van der Waals surface area contributed by atoms with Crippen LogP contribution in [-0.2, 0) is 11.2 Å². The molecule has 1 aromatic heterocycles. The maximum atomic E-state index is 12.2. The Morgan fingerprint density at radius 2 is 1.81 bits per heavy atom. The highest BCUT2D eigenvalue weighted by molar-refractivity contribution is 5.96. The number of carbonyl (C=O) groups is 2. The summed E-state index contributed by atoms with van der Waals surface area (Å²) in [5.41, 5.74) is 7.46. The molecule has 0 aliphatic heterocycles. The molecule has 3 rings (SSSR count). The molecule has 0 saturated heterocycles. The Bertz CT molecular complexity index is 935. The van der Waals surface area contributed by atoms with Crippen molar-refractivity contribution >= 4 is 17.5 Å². The van der Waals surface area contributed by atoms with E-state index in [1.54, 1.807) is 18.2 Å². The summed E-state index contributed by atoms with van der Waals surface area (Å²) >= 11 is 0. The number of anilines is 1. The number of benzene rings is 2. The Morgan fingerprint density at radius 3 is 2.56 bits per heavy atom. The SMILES string of the molecule is CN(C)c1cccc(C(=O)NNC(=O)Cc2coc(-c3ccccc3)n2)c1. The van der Waals surface area contributed by atoms with Gasteiger partial charge in [0.25, 0.3) is 5.91 Å². The Balaban J connectivity index is 1.55. The van der Waals surface area contributed by atoms with Gasteiger partial charge in [-0.25, -0.2) is 4.98 Å². The molecule has 7 heteroatoms. The average molecular weight is 364 g/mol. The number of oxazole rings is 1. The predicted molar refractivity (Wildman–Crippen MR) is 102 cm³/mol.